The Hall–Kier alpha value is -2.09. The molecule has 8 heteroatoms. The number of rotatable bonds is 11. The third-order valence-corrected chi connectivity index (χ3v) is 3.70. The predicted octanol–water partition coefficient (Wildman–Crippen LogP) is 2.82. The highest BCUT2D eigenvalue weighted by atomic mass is 35.5. The van der Waals surface area contributed by atoms with Crippen molar-refractivity contribution < 1.29 is 33.3 Å². The zero-order valence-electron chi connectivity index (χ0n) is 15.3. The van der Waals surface area contributed by atoms with Crippen LogP contribution in [0.15, 0.2) is 17.7 Å². The van der Waals surface area contributed by atoms with E-state index in [0.29, 0.717) is 30.1 Å². The number of hydrogen-bond donors (Lipinski definition) is 0. The van der Waals surface area contributed by atoms with Crippen LogP contribution in [0.1, 0.15) is 22.8 Å². The minimum atomic E-state index is -0.612. The number of hydrogen-bond acceptors (Lipinski definition) is 7. The maximum absolute atomic E-state index is 12.1. The van der Waals surface area contributed by atoms with Gasteiger partial charge in [-0.2, -0.15) is 0 Å². The number of aldehydes is 1. The van der Waals surface area contributed by atoms with Gasteiger partial charge in [0, 0.05) is 12.7 Å². The average Bonchev–Trinajstić information content (AvgIpc) is 2.65. The molecule has 0 fully saturated rings. The van der Waals surface area contributed by atoms with Crippen molar-refractivity contribution in [2.45, 2.75) is 13.3 Å². The van der Waals surface area contributed by atoms with Crippen molar-refractivity contribution >= 4 is 23.9 Å². The van der Waals surface area contributed by atoms with Crippen LogP contribution in [0.2, 0.25) is 5.02 Å². The van der Waals surface area contributed by atoms with Gasteiger partial charge in [-0.05, 0) is 25.0 Å². The van der Waals surface area contributed by atoms with Crippen molar-refractivity contribution in [2.75, 3.05) is 41.3 Å². The van der Waals surface area contributed by atoms with E-state index < -0.39 is 5.97 Å². The van der Waals surface area contributed by atoms with Crippen molar-refractivity contribution in [1.29, 1.82) is 0 Å². The zero-order valence-corrected chi connectivity index (χ0v) is 16.1. The van der Waals surface area contributed by atoms with Gasteiger partial charge in [0.05, 0.1) is 32.5 Å². The lowest BCUT2D eigenvalue weighted by Gasteiger charge is -2.18. The Bertz CT molecular complexity index is 655. The first kappa shape index (κ1) is 22.0. The molecule has 0 saturated heterocycles. The standard InChI is InChI=1S/C18H23ClO7/c1-12(10-20)5-6-13-16(26-11-25-8-7-22-2)14(18(21)24-4)9-15(19)17(13)23-3/h5,9-10H,6-8,11H2,1-4H3/b12-5+. The normalized spacial score (nSPS) is 11.2. The highest BCUT2D eigenvalue weighted by Gasteiger charge is 2.23. The van der Waals surface area contributed by atoms with Gasteiger partial charge in [-0.3, -0.25) is 4.79 Å². The van der Waals surface area contributed by atoms with E-state index in [-0.39, 0.29) is 29.5 Å². The Morgan fingerprint density at radius 2 is 1.92 bits per heavy atom. The SMILES string of the molecule is COCCOCOc1c(C(=O)OC)cc(Cl)c(OC)c1C/C=C(\C)C=O. The number of esters is 1. The van der Waals surface area contributed by atoms with Crippen LogP contribution in [0, 0.1) is 0 Å². The Balaban J connectivity index is 3.31. The number of methoxy groups -OCH3 is 3. The molecule has 0 aliphatic heterocycles. The first-order valence-corrected chi connectivity index (χ1v) is 8.17. The van der Waals surface area contributed by atoms with Gasteiger partial charge in [0.2, 0.25) is 0 Å². The minimum absolute atomic E-state index is 0.110. The van der Waals surface area contributed by atoms with Gasteiger partial charge in [0.15, 0.2) is 6.79 Å². The molecule has 1 aromatic rings. The van der Waals surface area contributed by atoms with Crippen molar-refractivity contribution in [3.63, 3.8) is 0 Å². The number of carbonyl (C=O) groups is 2. The summed E-state index contributed by atoms with van der Waals surface area (Å²) in [7, 11) is 4.27. The number of allylic oxidation sites excluding steroid dienone is 2. The summed E-state index contributed by atoms with van der Waals surface area (Å²) >= 11 is 6.23. The number of ether oxygens (including phenoxy) is 5. The summed E-state index contributed by atoms with van der Waals surface area (Å²) in [5, 5.41) is 0.229. The Morgan fingerprint density at radius 1 is 1.19 bits per heavy atom. The summed E-state index contributed by atoms with van der Waals surface area (Å²) in [5.41, 5.74) is 1.17. The lowest BCUT2D eigenvalue weighted by atomic mass is 10.0. The summed E-state index contributed by atoms with van der Waals surface area (Å²) in [6.45, 7) is 2.29. The van der Waals surface area contributed by atoms with E-state index in [1.54, 1.807) is 20.1 Å². The average molecular weight is 387 g/mol. The lowest BCUT2D eigenvalue weighted by molar-refractivity contribution is -0.104. The second-order valence-electron chi connectivity index (χ2n) is 5.17. The minimum Gasteiger partial charge on any atom is -0.495 e. The molecule has 0 aromatic heterocycles. The molecule has 26 heavy (non-hydrogen) atoms. The highest BCUT2D eigenvalue weighted by Crippen LogP contribution is 2.39. The summed E-state index contributed by atoms with van der Waals surface area (Å²) < 4.78 is 26.0. The first-order valence-electron chi connectivity index (χ1n) is 7.79. The summed E-state index contributed by atoms with van der Waals surface area (Å²) in [5.74, 6) is -0.0367. The lowest BCUT2D eigenvalue weighted by Crippen LogP contribution is -2.13. The van der Waals surface area contributed by atoms with E-state index in [4.69, 9.17) is 35.3 Å². The van der Waals surface area contributed by atoms with Crippen molar-refractivity contribution in [2.24, 2.45) is 0 Å². The van der Waals surface area contributed by atoms with E-state index >= 15 is 0 Å². The number of benzene rings is 1. The van der Waals surface area contributed by atoms with Crippen LogP contribution in [0.3, 0.4) is 0 Å². The molecule has 0 aliphatic rings. The van der Waals surface area contributed by atoms with E-state index in [1.165, 1.54) is 20.3 Å². The van der Waals surface area contributed by atoms with Crippen molar-refractivity contribution in [3.05, 3.63) is 33.9 Å². The fourth-order valence-electron chi connectivity index (χ4n) is 2.11. The smallest absolute Gasteiger partial charge is 0.341 e. The monoisotopic (exact) mass is 386 g/mol. The maximum Gasteiger partial charge on any atom is 0.341 e. The topological polar surface area (TPSA) is 80.3 Å². The van der Waals surface area contributed by atoms with Crippen LogP contribution in [0.25, 0.3) is 0 Å². The van der Waals surface area contributed by atoms with Gasteiger partial charge in [-0.25, -0.2) is 4.79 Å². The molecule has 1 rings (SSSR count). The largest absolute Gasteiger partial charge is 0.495 e. The zero-order chi connectivity index (χ0) is 19.5. The van der Waals surface area contributed by atoms with Crippen LogP contribution in [0.5, 0.6) is 11.5 Å². The highest BCUT2D eigenvalue weighted by molar-refractivity contribution is 6.32. The predicted molar refractivity (Wildman–Crippen MR) is 96.2 cm³/mol. The second kappa shape index (κ2) is 11.5. The van der Waals surface area contributed by atoms with E-state index in [9.17, 15) is 9.59 Å². The van der Waals surface area contributed by atoms with Gasteiger partial charge in [0.25, 0.3) is 0 Å². The van der Waals surface area contributed by atoms with Gasteiger partial charge >= 0.3 is 5.97 Å². The summed E-state index contributed by atoms with van der Waals surface area (Å²) in [4.78, 5) is 23.0. The van der Waals surface area contributed by atoms with Crippen LogP contribution in [0.4, 0.5) is 0 Å². The van der Waals surface area contributed by atoms with Gasteiger partial charge in [-0.1, -0.05) is 17.7 Å². The number of carbonyl (C=O) groups excluding carboxylic acids is 2. The Labute approximate surface area is 157 Å². The molecule has 0 bridgehead atoms. The Kier molecular flexibility index (Phi) is 9.72. The van der Waals surface area contributed by atoms with Gasteiger partial charge in [0.1, 0.15) is 23.3 Å². The molecule has 0 amide bonds. The molecular weight excluding hydrogens is 364 g/mol. The van der Waals surface area contributed by atoms with Crippen molar-refractivity contribution in [1.82, 2.24) is 0 Å². The Morgan fingerprint density at radius 3 is 2.50 bits per heavy atom. The van der Waals surface area contributed by atoms with Crippen LogP contribution in [-0.4, -0.2) is 53.6 Å². The van der Waals surface area contributed by atoms with Crippen molar-refractivity contribution in [3.8, 4) is 11.5 Å². The molecule has 0 spiro atoms. The molecule has 0 heterocycles. The molecule has 144 valence electrons. The fourth-order valence-corrected chi connectivity index (χ4v) is 2.41. The maximum atomic E-state index is 12.1. The summed E-state index contributed by atoms with van der Waals surface area (Å²) in [6, 6.07) is 1.41. The van der Waals surface area contributed by atoms with Gasteiger partial charge < -0.3 is 23.7 Å². The second-order valence-corrected chi connectivity index (χ2v) is 5.58. The van der Waals surface area contributed by atoms with E-state index in [0.717, 1.165) is 6.29 Å². The third-order valence-electron chi connectivity index (χ3n) is 3.42. The number of halogens is 1. The molecule has 0 aliphatic carbocycles. The molecule has 0 N–H and O–H groups in total. The molecule has 0 radical (unpaired) electrons. The quantitative estimate of drug-likeness (QED) is 0.190. The van der Waals surface area contributed by atoms with E-state index in [2.05, 4.69) is 0 Å². The third kappa shape index (κ3) is 6.01. The van der Waals surface area contributed by atoms with Crippen LogP contribution >= 0.6 is 11.6 Å². The fraction of sp³-hybridized carbons (Fsp3) is 0.444. The molecule has 1 aromatic carbocycles. The molecule has 7 nitrogen and oxygen atoms in total. The molecule has 0 atom stereocenters. The first-order chi connectivity index (χ1) is 12.5. The molecule has 0 unspecified atom stereocenters. The molecule has 0 saturated carbocycles. The van der Waals surface area contributed by atoms with Gasteiger partial charge in [-0.15, -0.1) is 0 Å². The van der Waals surface area contributed by atoms with Crippen LogP contribution < -0.4 is 9.47 Å². The van der Waals surface area contributed by atoms with E-state index in [1.807, 2.05) is 0 Å². The van der Waals surface area contributed by atoms with Crippen LogP contribution in [-0.2, 0) is 25.4 Å². The summed E-state index contributed by atoms with van der Waals surface area (Å²) in [6.07, 6.45) is 2.68. The molecular formula is C18H23ClO7.